The zero-order chi connectivity index (χ0) is 20.4. The molecule has 5 heteroatoms. The van der Waals surface area contributed by atoms with Gasteiger partial charge in [0.05, 0.1) is 7.11 Å². The van der Waals surface area contributed by atoms with Gasteiger partial charge in [0.15, 0.2) is 0 Å². The van der Waals surface area contributed by atoms with Gasteiger partial charge in [-0.05, 0) is 37.5 Å². The van der Waals surface area contributed by atoms with Crippen LogP contribution in [0.15, 0.2) is 66.4 Å². The molecule has 0 atom stereocenters. The smallest absolute Gasteiger partial charge is 0.266 e. The summed E-state index contributed by atoms with van der Waals surface area (Å²) < 4.78 is 5.34. The molecule has 0 fully saturated rings. The average molecular weight is 377 g/mol. The van der Waals surface area contributed by atoms with E-state index in [0.717, 1.165) is 23.3 Å². The first kappa shape index (κ1) is 21.0. The number of carbonyl (C=O) groups excluding carboxylic acids is 1. The van der Waals surface area contributed by atoms with Gasteiger partial charge in [-0.25, -0.2) is 0 Å². The molecule has 0 saturated heterocycles. The van der Waals surface area contributed by atoms with Gasteiger partial charge in [0, 0.05) is 25.3 Å². The van der Waals surface area contributed by atoms with Crippen LogP contribution in [-0.2, 0) is 17.8 Å². The lowest BCUT2D eigenvalue weighted by atomic mass is 10.1. The maximum Gasteiger partial charge on any atom is 0.266 e. The fourth-order valence-electron chi connectivity index (χ4n) is 2.86. The van der Waals surface area contributed by atoms with E-state index in [1.165, 1.54) is 6.20 Å². The van der Waals surface area contributed by atoms with Gasteiger partial charge in [-0.15, -0.1) is 0 Å². The van der Waals surface area contributed by atoms with Gasteiger partial charge in [-0.1, -0.05) is 48.5 Å². The van der Waals surface area contributed by atoms with Gasteiger partial charge in [0.25, 0.3) is 5.91 Å². The number of hydrogen-bond donors (Lipinski definition) is 1. The zero-order valence-electron chi connectivity index (χ0n) is 16.7. The fourth-order valence-corrected chi connectivity index (χ4v) is 2.86. The second-order valence-electron chi connectivity index (χ2n) is 6.70. The quantitative estimate of drug-likeness (QED) is 0.411. The molecule has 0 aromatic heterocycles. The van der Waals surface area contributed by atoms with E-state index in [9.17, 15) is 10.1 Å². The maximum atomic E-state index is 12.9. The number of ether oxygens (including phenoxy) is 1. The molecule has 0 aliphatic carbocycles. The highest BCUT2D eigenvalue weighted by Gasteiger charge is 2.21. The first-order valence-corrected chi connectivity index (χ1v) is 9.37. The molecule has 1 amide bonds. The van der Waals surface area contributed by atoms with E-state index >= 15 is 0 Å². The van der Waals surface area contributed by atoms with Crippen molar-refractivity contribution in [2.24, 2.45) is 0 Å². The lowest BCUT2D eigenvalue weighted by molar-refractivity contribution is -0.129. The summed E-state index contributed by atoms with van der Waals surface area (Å²) in [4.78, 5) is 14.6. The number of nitrogens with zero attached hydrogens (tertiary/aromatic N) is 2. The summed E-state index contributed by atoms with van der Waals surface area (Å²) in [5, 5.41) is 12.6. The van der Waals surface area contributed by atoms with Crippen molar-refractivity contribution in [2.45, 2.75) is 32.9 Å². The van der Waals surface area contributed by atoms with Gasteiger partial charge >= 0.3 is 0 Å². The SMILES string of the molecule is COc1ccccc1CCN/C=C(/C#N)C(=O)N(Cc1ccccc1)C(C)C. The van der Waals surface area contributed by atoms with Gasteiger partial charge in [-0.2, -0.15) is 5.26 Å². The van der Waals surface area contributed by atoms with Crippen molar-refractivity contribution in [2.75, 3.05) is 13.7 Å². The Morgan fingerprint density at radius 1 is 1.18 bits per heavy atom. The van der Waals surface area contributed by atoms with E-state index < -0.39 is 0 Å². The molecule has 2 aromatic rings. The van der Waals surface area contributed by atoms with Crippen molar-refractivity contribution in [1.29, 1.82) is 5.26 Å². The summed E-state index contributed by atoms with van der Waals surface area (Å²) in [5.41, 5.74) is 2.21. The van der Waals surface area contributed by atoms with Crippen molar-refractivity contribution < 1.29 is 9.53 Å². The molecule has 0 saturated carbocycles. The Morgan fingerprint density at radius 2 is 1.86 bits per heavy atom. The zero-order valence-corrected chi connectivity index (χ0v) is 16.7. The Kier molecular flexibility index (Phi) is 8.11. The Labute approximate surface area is 167 Å². The van der Waals surface area contributed by atoms with E-state index in [2.05, 4.69) is 5.32 Å². The first-order chi connectivity index (χ1) is 13.6. The van der Waals surface area contributed by atoms with Crippen LogP contribution in [-0.4, -0.2) is 30.5 Å². The van der Waals surface area contributed by atoms with Gasteiger partial charge in [0.1, 0.15) is 17.4 Å². The van der Waals surface area contributed by atoms with Crippen molar-refractivity contribution in [1.82, 2.24) is 10.2 Å². The summed E-state index contributed by atoms with van der Waals surface area (Å²) in [7, 11) is 1.64. The fraction of sp³-hybridized carbons (Fsp3) is 0.304. The van der Waals surface area contributed by atoms with Crippen LogP contribution in [0.2, 0.25) is 0 Å². The molecule has 0 heterocycles. The van der Waals surface area contributed by atoms with Gasteiger partial charge in [0.2, 0.25) is 0 Å². The summed E-state index contributed by atoms with van der Waals surface area (Å²) in [6, 6.07) is 19.6. The van der Waals surface area contributed by atoms with Crippen LogP contribution in [0, 0.1) is 11.3 Å². The number of carbonyl (C=O) groups is 1. The number of benzene rings is 2. The highest BCUT2D eigenvalue weighted by molar-refractivity contribution is 5.97. The third-order valence-electron chi connectivity index (χ3n) is 4.41. The highest BCUT2D eigenvalue weighted by atomic mass is 16.5. The topological polar surface area (TPSA) is 65.4 Å². The van der Waals surface area contributed by atoms with Crippen LogP contribution in [0.4, 0.5) is 0 Å². The number of methoxy groups -OCH3 is 1. The van der Waals surface area contributed by atoms with Crippen LogP contribution >= 0.6 is 0 Å². The van der Waals surface area contributed by atoms with Crippen molar-refractivity contribution >= 4 is 5.91 Å². The average Bonchev–Trinajstić information content (AvgIpc) is 2.72. The van der Waals surface area contributed by atoms with E-state index in [1.807, 2.05) is 74.5 Å². The Morgan fingerprint density at radius 3 is 2.50 bits per heavy atom. The van der Waals surface area contributed by atoms with Crippen LogP contribution in [0.25, 0.3) is 0 Å². The molecule has 1 N–H and O–H groups in total. The van der Waals surface area contributed by atoms with Crippen molar-refractivity contribution in [3.63, 3.8) is 0 Å². The Bertz CT molecular complexity index is 838. The second-order valence-corrected chi connectivity index (χ2v) is 6.70. The van der Waals surface area contributed by atoms with Crippen LogP contribution < -0.4 is 10.1 Å². The molecule has 2 rings (SSSR count). The number of para-hydroxylation sites is 1. The molecule has 5 nitrogen and oxygen atoms in total. The summed E-state index contributed by atoms with van der Waals surface area (Å²) in [6.45, 7) is 4.96. The maximum absolute atomic E-state index is 12.9. The number of nitriles is 1. The third kappa shape index (κ3) is 5.88. The standard InChI is InChI=1S/C23H27N3O2/c1-18(2)26(17-19-9-5-4-6-10-19)23(27)21(15-24)16-25-14-13-20-11-7-8-12-22(20)28-3/h4-12,16,18,25H,13-14,17H2,1-3H3/b21-16-. The number of amides is 1. The monoisotopic (exact) mass is 377 g/mol. The van der Waals surface area contributed by atoms with Crippen molar-refractivity contribution in [3.05, 3.63) is 77.5 Å². The third-order valence-corrected chi connectivity index (χ3v) is 4.41. The molecular formula is C23H27N3O2. The molecule has 28 heavy (non-hydrogen) atoms. The van der Waals surface area contributed by atoms with Gasteiger partial charge < -0.3 is 15.0 Å². The van der Waals surface area contributed by atoms with Crippen molar-refractivity contribution in [3.8, 4) is 11.8 Å². The predicted octanol–water partition coefficient (Wildman–Crippen LogP) is 3.67. The summed E-state index contributed by atoms with van der Waals surface area (Å²) in [5.74, 6) is 0.560. The molecule has 2 aromatic carbocycles. The molecular weight excluding hydrogens is 350 g/mol. The molecule has 0 aliphatic heterocycles. The number of nitrogens with one attached hydrogen (secondary N) is 1. The normalized spacial score (nSPS) is 11.0. The minimum absolute atomic E-state index is 0.0157. The number of hydrogen-bond acceptors (Lipinski definition) is 4. The first-order valence-electron chi connectivity index (χ1n) is 9.37. The Balaban J connectivity index is 2.01. The molecule has 0 aliphatic rings. The summed E-state index contributed by atoms with van der Waals surface area (Å²) >= 11 is 0. The summed E-state index contributed by atoms with van der Waals surface area (Å²) in [6.07, 6.45) is 2.24. The van der Waals surface area contributed by atoms with E-state index in [-0.39, 0.29) is 17.5 Å². The van der Waals surface area contributed by atoms with Crippen LogP contribution in [0.5, 0.6) is 5.75 Å². The molecule has 146 valence electrons. The van der Waals surface area contributed by atoms with E-state index in [0.29, 0.717) is 13.1 Å². The second kappa shape index (κ2) is 10.8. The molecule has 0 spiro atoms. The van der Waals surface area contributed by atoms with E-state index in [4.69, 9.17) is 4.74 Å². The lowest BCUT2D eigenvalue weighted by Gasteiger charge is -2.26. The minimum atomic E-state index is -0.272. The molecule has 0 bridgehead atoms. The predicted molar refractivity (Wildman–Crippen MR) is 111 cm³/mol. The molecule has 0 unspecified atom stereocenters. The van der Waals surface area contributed by atoms with Gasteiger partial charge in [-0.3, -0.25) is 4.79 Å². The highest BCUT2D eigenvalue weighted by Crippen LogP contribution is 2.17. The van der Waals surface area contributed by atoms with E-state index in [1.54, 1.807) is 12.0 Å². The van der Waals surface area contributed by atoms with Crippen LogP contribution in [0.3, 0.4) is 0 Å². The lowest BCUT2D eigenvalue weighted by Crippen LogP contribution is -2.37. The molecule has 0 radical (unpaired) electrons. The Hall–Kier alpha value is -3.26. The minimum Gasteiger partial charge on any atom is -0.496 e. The largest absolute Gasteiger partial charge is 0.496 e. The van der Waals surface area contributed by atoms with Crippen LogP contribution in [0.1, 0.15) is 25.0 Å². The number of rotatable bonds is 9.